The minimum absolute atomic E-state index is 0.0366. The van der Waals surface area contributed by atoms with Crippen molar-refractivity contribution in [3.05, 3.63) is 46.5 Å². The fourth-order valence-electron chi connectivity index (χ4n) is 4.78. The Hall–Kier alpha value is -1.64. The third-order valence-electron chi connectivity index (χ3n) is 6.49. The van der Waals surface area contributed by atoms with Crippen molar-refractivity contribution in [2.45, 2.75) is 50.4 Å². The fourth-order valence-corrected chi connectivity index (χ4v) is 4.97. The van der Waals surface area contributed by atoms with E-state index in [0.717, 1.165) is 37.3 Å². The lowest BCUT2D eigenvalue weighted by Gasteiger charge is -2.41. The van der Waals surface area contributed by atoms with Crippen LogP contribution in [-0.2, 0) is 24.7 Å². The van der Waals surface area contributed by atoms with E-state index in [1.165, 1.54) is 10.1 Å². The lowest BCUT2D eigenvalue weighted by atomic mass is 9.66. The number of halogens is 4. The highest BCUT2D eigenvalue weighted by Gasteiger charge is 2.40. The molecule has 2 aromatic rings. The number of hydrogen-bond donors (Lipinski definition) is 1. The van der Waals surface area contributed by atoms with Crippen LogP contribution in [0.5, 0.6) is 0 Å². The van der Waals surface area contributed by atoms with Crippen LogP contribution >= 0.6 is 11.6 Å². The smallest absolute Gasteiger partial charge is 0.330 e. The monoisotopic (exact) mass is 427 g/mol. The Bertz CT molecular complexity index is 858. The van der Waals surface area contributed by atoms with Crippen LogP contribution in [0.1, 0.15) is 42.9 Å². The summed E-state index contributed by atoms with van der Waals surface area (Å²) in [4.78, 5) is 2.20. The zero-order chi connectivity index (χ0) is 20.6. The second-order valence-corrected chi connectivity index (χ2v) is 8.70. The first-order valence-electron chi connectivity index (χ1n) is 9.98. The van der Waals surface area contributed by atoms with E-state index in [0.29, 0.717) is 31.4 Å². The molecule has 1 aromatic heterocycles. The molecule has 1 aromatic carbocycles. The maximum Gasteiger partial charge on any atom is 0.451 e. The van der Waals surface area contributed by atoms with E-state index in [1.54, 1.807) is 0 Å². The van der Waals surface area contributed by atoms with Crippen LogP contribution in [0.4, 0.5) is 13.2 Å². The van der Waals surface area contributed by atoms with E-state index in [2.05, 4.69) is 21.2 Å². The zero-order valence-electron chi connectivity index (χ0n) is 16.1. The van der Waals surface area contributed by atoms with Crippen molar-refractivity contribution < 1.29 is 13.2 Å². The summed E-state index contributed by atoms with van der Waals surface area (Å²) in [6.07, 6.45) is -0.377. The third kappa shape index (κ3) is 4.15. The number of aromatic nitrogens is 3. The quantitative estimate of drug-likeness (QED) is 0.805. The first-order valence-corrected chi connectivity index (χ1v) is 10.4. The fraction of sp³-hybridized carbons (Fsp3) is 0.600. The average molecular weight is 428 g/mol. The molecule has 29 heavy (non-hydrogen) atoms. The highest BCUT2D eigenvalue weighted by molar-refractivity contribution is 6.30. The molecule has 1 saturated carbocycles. The van der Waals surface area contributed by atoms with Crippen molar-refractivity contribution in [3.8, 4) is 0 Å². The summed E-state index contributed by atoms with van der Waals surface area (Å²) in [6, 6.07) is 7.97. The molecule has 2 aliphatic rings. The van der Waals surface area contributed by atoms with Gasteiger partial charge in [0.15, 0.2) is 0 Å². The molecule has 0 radical (unpaired) electrons. The Labute approximate surface area is 173 Å². The van der Waals surface area contributed by atoms with Crippen molar-refractivity contribution in [2.75, 3.05) is 19.6 Å². The highest BCUT2D eigenvalue weighted by Crippen LogP contribution is 2.42. The van der Waals surface area contributed by atoms with E-state index >= 15 is 0 Å². The average Bonchev–Trinajstić information content (AvgIpc) is 3.12. The van der Waals surface area contributed by atoms with Gasteiger partial charge in [0.1, 0.15) is 5.82 Å². The topological polar surface area (TPSA) is 60.0 Å². The second kappa shape index (κ2) is 7.89. The molecular weight excluding hydrogens is 403 g/mol. The van der Waals surface area contributed by atoms with Gasteiger partial charge in [-0.15, -0.1) is 10.2 Å². The van der Waals surface area contributed by atoms with E-state index in [4.69, 9.17) is 17.3 Å². The standard InChI is InChI=1S/C20H25ClF3N5/c21-16-3-1-2-15(10-16)19(13-25)6-4-14(5-7-19)11-28-8-9-29-17(12-28)26-27-18(29)20(22,23)24/h1-3,10,14H,4-9,11-13,25H2/t14-,19-. The largest absolute Gasteiger partial charge is 0.451 e. The van der Waals surface area contributed by atoms with Crippen molar-refractivity contribution in [1.82, 2.24) is 19.7 Å². The van der Waals surface area contributed by atoms with Crippen LogP contribution in [0, 0.1) is 5.92 Å². The Kier molecular flexibility index (Phi) is 5.61. The van der Waals surface area contributed by atoms with Crippen LogP contribution in [0.15, 0.2) is 24.3 Å². The third-order valence-corrected chi connectivity index (χ3v) is 6.73. The van der Waals surface area contributed by atoms with Gasteiger partial charge in [-0.1, -0.05) is 23.7 Å². The summed E-state index contributed by atoms with van der Waals surface area (Å²) >= 11 is 6.18. The van der Waals surface area contributed by atoms with Crippen molar-refractivity contribution in [2.24, 2.45) is 11.7 Å². The molecule has 9 heteroatoms. The van der Waals surface area contributed by atoms with Crippen LogP contribution < -0.4 is 5.73 Å². The van der Waals surface area contributed by atoms with Gasteiger partial charge >= 0.3 is 6.18 Å². The number of rotatable bonds is 4. The number of hydrogen-bond acceptors (Lipinski definition) is 4. The molecule has 0 unspecified atom stereocenters. The highest BCUT2D eigenvalue weighted by atomic mass is 35.5. The molecule has 2 heterocycles. The summed E-state index contributed by atoms with van der Waals surface area (Å²) < 4.78 is 40.2. The molecule has 5 nitrogen and oxygen atoms in total. The van der Waals surface area contributed by atoms with Crippen LogP contribution in [0.2, 0.25) is 5.02 Å². The van der Waals surface area contributed by atoms with Gasteiger partial charge in [0.05, 0.1) is 6.54 Å². The predicted molar refractivity (Wildman–Crippen MR) is 104 cm³/mol. The first-order chi connectivity index (χ1) is 13.8. The molecule has 0 bridgehead atoms. The van der Waals surface area contributed by atoms with E-state index < -0.39 is 12.0 Å². The zero-order valence-corrected chi connectivity index (χ0v) is 16.9. The van der Waals surface area contributed by atoms with Gasteiger partial charge in [-0.05, 0) is 49.3 Å². The van der Waals surface area contributed by atoms with Crippen LogP contribution in [-0.4, -0.2) is 39.3 Å². The Morgan fingerprint density at radius 1 is 1.17 bits per heavy atom. The van der Waals surface area contributed by atoms with Gasteiger partial charge in [-0.3, -0.25) is 4.90 Å². The minimum atomic E-state index is -4.46. The maximum atomic E-state index is 13.0. The van der Waals surface area contributed by atoms with Gasteiger partial charge in [-0.2, -0.15) is 13.2 Å². The number of nitrogens with two attached hydrogens (primary N) is 1. The summed E-state index contributed by atoms with van der Waals surface area (Å²) in [7, 11) is 0. The molecule has 158 valence electrons. The number of fused-ring (bicyclic) bond motifs is 1. The molecule has 1 fully saturated rings. The normalized spacial score (nSPS) is 25.8. The van der Waals surface area contributed by atoms with Crippen molar-refractivity contribution >= 4 is 11.6 Å². The molecule has 4 rings (SSSR count). The van der Waals surface area contributed by atoms with Gasteiger partial charge in [-0.25, -0.2) is 0 Å². The lowest BCUT2D eigenvalue weighted by molar-refractivity contribution is -0.148. The van der Waals surface area contributed by atoms with Gasteiger partial charge in [0, 0.05) is 36.6 Å². The van der Waals surface area contributed by atoms with Crippen LogP contribution in [0.3, 0.4) is 0 Å². The molecule has 2 N–H and O–H groups in total. The molecule has 0 atom stereocenters. The van der Waals surface area contributed by atoms with Gasteiger partial charge in [0.2, 0.25) is 5.82 Å². The summed E-state index contributed by atoms with van der Waals surface area (Å²) in [6.45, 7) is 2.73. The molecule has 0 amide bonds. The molecule has 0 saturated heterocycles. The van der Waals surface area contributed by atoms with E-state index in [-0.39, 0.29) is 12.0 Å². The van der Waals surface area contributed by atoms with Crippen LogP contribution in [0.25, 0.3) is 0 Å². The Morgan fingerprint density at radius 3 is 2.59 bits per heavy atom. The number of nitrogens with zero attached hydrogens (tertiary/aromatic N) is 4. The summed E-state index contributed by atoms with van der Waals surface area (Å²) in [5.41, 5.74) is 7.35. The number of benzene rings is 1. The second-order valence-electron chi connectivity index (χ2n) is 8.26. The maximum absolute atomic E-state index is 13.0. The van der Waals surface area contributed by atoms with Gasteiger partial charge in [0.25, 0.3) is 0 Å². The van der Waals surface area contributed by atoms with Crippen molar-refractivity contribution in [3.63, 3.8) is 0 Å². The predicted octanol–water partition coefficient (Wildman–Crippen LogP) is 3.85. The summed E-state index contributed by atoms with van der Waals surface area (Å²) in [5, 5.41) is 7.86. The molecular formula is C20H25ClF3N5. The Balaban J connectivity index is 1.37. The van der Waals surface area contributed by atoms with Gasteiger partial charge < -0.3 is 10.3 Å². The minimum Gasteiger partial charge on any atom is -0.330 e. The lowest BCUT2D eigenvalue weighted by Crippen LogP contribution is -2.43. The molecule has 0 spiro atoms. The SMILES string of the molecule is NC[C@]1(c2cccc(Cl)c2)CC[C@H](CN2CCn3c(nnc3C(F)(F)F)C2)CC1. The number of alkyl halides is 3. The Morgan fingerprint density at radius 2 is 1.93 bits per heavy atom. The van der Waals surface area contributed by atoms with E-state index in [1.807, 2.05) is 18.2 Å². The first kappa shape index (κ1) is 20.6. The molecule has 1 aliphatic heterocycles. The summed E-state index contributed by atoms with van der Waals surface area (Å²) in [5.74, 6) is 0.0131. The molecule has 1 aliphatic carbocycles. The van der Waals surface area contributed by atoms with E-state index in [9.17, 15) is 13.2 Å². The van der Waals surface area contributed by atoms with Crippen molar-refractivity contribution in [1.29, 1.82) is 0 Å².